The number of thiophene rings is 2. The second-order valence-electron chi connectivity index (χ2n) is 13.1. The lowest BCUT2D eigenvalue weighted by Crippen LogP contribution is -2.40. The Bertz CT molecular complexity index is 2880. The average molecular weight is 814 g/mol. The van der Waals surface area contributed by atoms with Crippen LogP contribution in [0.3, 0.4) is 0 Å². The number of para-hydroxylation sites is 2. The zero-order valence-corrected chi connectivity index (χ0v) is 31.3. The van der Waals surface area contributed by atoms with E-state index in [0.717, 1.165) is 57.5 Å². The summed E-state index contributed by atoms with van der Waals surface area (Å²) in [4.78, 5) is 31.8. The Morgan fingerprint density at radius 2 is 1.00 bits per heavy atom. The van der Waals surface area contributed by atoms with Gasteiger partial charge in [0.25, 0.3) is 11.6 Å². The van der Waals surface area contributed by atoms with Crippen LogP contribution in [0, 0.1) is 29.1 Å². The molecule has 1 aliphatic rings. The molecular weight excluding hydrogens is 790 g/mol. The summed E-state index contributed by atoms with van der Waals surface area (Å²) in [6, 6.07) is 44.1. The van der Waals surface area contributed by atoms with E-state index in [4.69, 9.17) is 0 Å². The minimum Gasteiger partial charge on any atom is -0.864 e. The molecule has 0 saturated carbocycles. The lowest BCUT2D eigenvalue weighted by atomic mass is 10.1. The van der Waals surface area contributed by atoms with Crippen molar-refractivity contribution in [3.8, 4) is 30.6 Å². The lowest BCUT2D eigenvalue weighted by Gasteiger charge is -2.25. The highest BCUT2D eigenvalue weighted by Gasteiger charge is 2.45. The number of carbonyl (C=O) groups is 2. The van der Waals surface area contributed by atoms with Gasteiger partial charge in [0.2, 0.25) is 5.82 Å². The molecule has 0 N–H and O–H groups in total. The van der Waals surface area contributed by atoms with Crippen LogP contribution < -0.4 is 19.5 Å². The highest BCUT2D eigenvalue weighted by molar-refractivity contribution is 7.26. The van der Waals surface area contributed by atoms with Crippen molar-refractivity contribution >= 4 is 73.7 Å². The first-order valence-corrected chi connectivity index (χ1v) is 19.2. The largest absolute Gasteiger partial charge is 0.864 e. The Balaban J connectivity index is 1.00. The van der Waals surface area contributed by atoms with E-state index in [1.807, 2.05) is 60.7 Å². The van der Waals surface area contributed by atoms with Crippen molar-refractivity contribution in [2.45, 2.75) is 0 Å². The Labute approximate surface area is 334 Å². The number of aromatic nitrogens is 1. The fourth-order valence-electron chi connectivity index (χ4n) is 6.93. The number of hydrogen-bond donors (Lipinski definition) is 0. The van der Waals surface area contributed by atoms with E-state index in [9.17, 15) is 36.6 Å². The molecule has 58 heavy (non-hydrogen) atoms. The maximum absolute atomic E-state index is 14.6. The Hall–Kier alpha value is -6.96. The highest BCUT2D eigenvalue weighted by Crippen LogP contribution is 2.47. The molecule has 284 valence electrons. The molecule has 0 saturated heterocycles. The summed E-state index contributed by atoms with van der Waals surface area (Å²) in [6.07, 6.45) is 2.60. The van der Waals surface area contributed by atoms with Crippen LogP contribution in [0.15, 0.2) is 152 Å². The average Bonchev–Trinajstić information content (AvgIpc) is 3.96. The summed E-state index contributed by atoms with van der Waals surface area (Å²) >= 11 is 3.19. The van der Waals surface area contributed by atoms with E-state index in [-0.39, 0.29) is 4.90 Å². The zero-order chi connectivity index (χ0) is 40.2. The number of anilines is 4. The summed E-state index contributed by atoms with van der Waals surface area (Å²) in [5.41, 5.74) is 2.18. The van der Waals surface area contributed by atoms with Crippen molar-refractivity contribution in [2.75, 3.05) is 9.80 Å². The van der Waals surface area contributed by atoms with Gasteiger partial charge in [-0.05, 0) is 54.1 Å². The van der Waals surface area contributed by atoms with Crippen molar-refractivity contribution < 1.29 is 41.2 Å². The monoisotopic (exact) mass is 813 g/mol. The minimum absolute atomic E-state index is 0.335. The number of carbonyl (C=O) groups excluding carboxylic acids is 2. The molecule has 0 aliphatic carbocycles. The van der Waals surface area contributed by atoms with Gasteiger partial charge in [-0.2, -0.15) is 4.57 Å². The molecule has 6 nitrogen and oxygen atoms in total. The van der Waals surface area contributed by atoms with Gasteiger partial charge in [-0.3, -0.25) is 9.59 Å². The first kappa shape index (κ1) is 36.7. The van der Waals surface area contributed by atoms with Crippen LogP contribution >= 0.6 is 22.7 Å². The number of hydrogen-bond acceptors (Lipinski definition) is 6. The molecule has 1 aliphatic heterocycles. The van der Waals surface area contributed by atoms with Crippen LogP contribution in [0.25, 0.3) is 47.1 Å². The van der Waals surface area contributed by atoms with Gasteiger partial charge < -0.3 is 10.0 Å². The van der Waals surface area contributed by atoms with Crippen molar-refractivity contribution in [1.82, 2.24) is 0 Å². The zero-order valence-electron chi connectivity index (χ0n) is 29.6. The van der Waals surface area contributed by atoms with E-state index in [1.165, 1.54) is 23.7 Å². The number of nitrogens with zero attached hydrogens (tertiary/aromatic N) is 3. The maximum atomic E-state index is 14.6. The molecule has 3 aromatic heterocycles. The first-order chi connectivity index (χ1) is 28.1. The fraction of sp³-hybridized carbons (Fsp3) is 0. The molecule has 4 heterocycles. The molecule has 0 fully saturated rings. The molecule has 2 amide bonds. The third-order valence-corrected chi connectivity index (χ3v) is 12.3. The first-order valence-electron chi connectivity index (χ1n) is 17.6. The smallest absolute Gasteiger partial charge is 0.330 e. The predicted octanol–water partition coefficient (Wildman–Crippen LogP) is 10.5. The van der Waals surface area contributed by atoms with Gasteiger partial charge in [0.05, 0.1) is 4.88 Å². The molecule has 5 aromatic carbocycles. The molecule has 13 heteroatoms. The number of halogens is 5. The summed E-state index contributed by atoms with van der Waals surface area (Å²) in [7, 11) is 0. The van der Waals surface area contributed by atoms with Gasteiger partial charge >= 0.3 is 5.91 Å². The quantitative estimate of drug-likeness (QED) is 0.0504. The van der Waals surface area contributed by atoms with Crippen LogP contribution in [0.5, 0.6) is 0 Å². The van der Waals surface area contributed by atoms with E-state index in [1.54, 1.807) is 23.5 Å². The second kappa shape index (κ2) is 14.5. The van der Waals surface area contributed by atoms with Gasteiger partial charge in [0.1, 0.15) is 5.69 Å². The Morgan fingerprint density at radius 3 is 1.59 bits per heavy atom. The van der Waals surface area contributed by atoms with Gasteiger partial charge in [0.15, 0.2) is 35.7 Å². The van der Waals surface area contributed by atoms with E-state index in [2.05, 4.69) is 65.6 Å². The van der Waals surface area contributed by atoms with Crippen molar-refractivity contribution in [3.05, 3.63) is 181 Å². The third-order valence-electron chi connectivity index (χ3n) is 9.67. The molecule has 0 spiro atoms. The Morgan fingerprint density at radius 1 is 0.500 bits per heavy atom. The van der Waals surface area contributed by atoms with E-state index < -0.39 is 58.0 Å². The van der Waals surface area contributed by atoms with Crippen LogP contribution in [-0.4, -0.2) is 11.8 Å². The van der Waals surface area contributed by atoms with Crippen LogP contribution in [0.1, 0.15) is 0 Å². The topological polar surface area (TPSA) is 67.6 Å². The van der Waals surface area contributed by atoms with Gasteiger partial charge in [0, 0.05) is 65.9 Å². The number of pyridine rings is 1. The number of fused-ring (bicyclic) bond motifs is 1. The molecule has 0 unspecified atom stereocenters. The fourth-order valence-corrected chi connectivity index (χ4v) is 9.34. The molecule has 0 atom stereocenters. The van der Waals surface area contributed by atoms with E-state index in [0.29, 0.717) is 5.56 Å². The highest BCUT2D eigenvalue weighted by atomic mass is 32.1. The standard InChI is InChI=1S/C45H24F5N3O3S2/c46-34-35(47)37(49)39(38(50)36(34)48)53-44(55)40(41(54)45(53)56)51-23-21-25(22-24-51)32-19-20-33(57-32)43-31-14-8-7-13-30(31)42(58-43)26-15-17-29(18-16-26)52(27-9-3-1-4-10-27)28-11-5-2-6-12-28/h1-24H. The van der Waals surface area contributed by atoms with Crippen molar-refractivity contribution in [2.24, 2.45) is 0 Å². The Kier molecular flexibility index (Phi) is 9.18. The lowest BCUT2D eigenvalue weighted by molar-refractivity contribution is -0.581. The molecular formula is C45H24F5N3O3S2. The van der Waals surface area contributed by atoms with Gasteiger partial charge in [-0.15, -0.1) is 22.7 Å². The van der Waals surface area contributed by atoms with E-state index >= 15 is 0 Å². The molecule has 0 radical (unpaired) electrons. The summed E-state index contributed by atoms with van der Waals surface area (Å²) in [6.45, 7) is 0. The molecule has 8 aromatic rings. The van der Waals surface area contributed by atoms with Crippen molar-refractivity contribution in [3.63, 3.8) is 0 Å². The van der Waals surface area contributed by atoms with Gasteiger partial charge in [-0.25, -0.2) is 26.9 Å². The predicted molar refractivity (Wildman–Crippen MR) is 213 cm³/mol. The van der Waals surface area contributed by atoms with Crippen LogP contribution in [-0.2, 0) is 9.59 Å². The number of rotatable bonds is 8. The van der Waals surface area contributed by atoms with Crippen LogP contribution in [0.2, 0.25) is 0 Å². The van der Waals surface area contributed by atoms with Gasteiger partial charge in [-0.1, -0.05) is 72.8 Å². The maximum Gasteiger partial charge on any atom is 0.330 e. The van der Waals surface area contributed by atoms with Crippen LogP contribution in [0.4, 0.5) is 44.7 Å². The molecule has 0 bridgehead atoms. The van der Waals surface area contributed by atoms with Crippen molar-refractivity contribution in [1.29, 1.82) is 0 Å². The minimum atomic E-state index is -2.47. The third kappa shape index (κ3) is 6.03. The molecule has 9 rings (SSSR count). The normalized spacial score (nSPS) is 12.9. The second-order valence-corrected chi connectivity index (χ2v) is 15.2. The summed E-state index contributed by atoms with van der Waals surface area (Å²) in [5.74, 6) is -16.8. The number of amides is 2. The summed E-state index contributed by atoms with van der Waals surface area (Å²) < 4.78 is 71.6. The number of benzene rings is 5. The summed E-state index contributed by atoms with van der Waals surface area (Å²) in [5, 5.41) is 15.1. The SMILES string of the molecule is O=C1C([O-])=C([n+]2ccc(-c3ccc(-c4sc(-c5ccc(N(c6ccccc6)c6ccccc6)cc5)c5ccccc45)s3)cc2)C(=O)N1c1c(F)c(F)c(F)c(F)c1F. The number of imide groups is 1.